The van der Waals surface area contributed by atoms with E-state index in [0.29, 0.717) is 0 Å². The van der Waals surface area contributed by atoms with Gasteiger partial charge < -0.3 is 4.74 Å². The van der Waals surface area contributed by atoms with Gasteiger partial charge in [0.2, 0.25) is 10.0 Å². The standard InChI is InChI=1S/C33H27NO3S/c35-38(36,26-18-8-3-9-19-26)34-33(25-16-6-2-7-17-25)31(24-14-4-1-5-15-24)32-27-20-10-12-22-29(27)37-30-23-13-11-21-28(30)32/h1-23,31-34H/t31-,33+/m0/s1. The van der Waals surface area contributed by atoms with Gasteiger partial charge in [0.25, 0.3) is 0 Å². The summed E-state index contributed by atoms with van der Waals surface area (Å²) in [7, 11) is -3.84. The average Bonchev–Trinajstić information content (AvgIpc) is 2.98. The minimum Gasteiger partial charge on any atom is -0.457 e. The van der Waals surface area contributed by atoms with Gasteiger partial charge in [-0.1, -0.05) is 115 Å². The van der Waals surface area contributed by atoms with Crippen LogP contribution in [0.25, 0.3) is 0 Å². The molecule has 6 rings (SSSR count). The van der Waals surface area contributed by atoms with Crippen molar-refractivity contribution in [2.24, 2.45) is 0 Å². The molecular formula is C33H27NO3S. The van der Waals surface area contributed by atoms with Gasteiger partial charge in [0.15, 0.2) is 0 Å². The fourth-order valence-electron chi connectivity index (χ4n) is 5.43. The molecule has 0 aliphatic carbocycles. The number of para-hydroxylation sites is 2. The Bertz CT molecular complexity index is 1590. The molecular weight excluding hydrogens is 490 g/mol. The lowest BCUT2D eigenvalue weighted by molar-refractivity contribution is 0.401. The second-order valence-electron chi connectivity index (χ2n) is 9.41. The molecule has 4 nitrogen and oxygen atoms in total. The molecule has 0 spiro atoms. The summed E-state index contributed by atoms with van der Waals surface area (Å²) in [6.07, 6.45) is 0. The maximum absolute atomic E-state index is 13.8. The van der Waals surface area contributed by atoms with E-state index in [-0.39, 0.29) is 16.7 Å². The Morgan fingerprint density at radius 3 is 1.55 bits per heavy atom. The third-order valence-corrected chi connectivity index (χ3v) is 8.58. The van der Waals surface area contributed by atoms with Crippen molar-refractivity contribution >= 4 is 10.0 Å². The molecule has 0 bridgehead atoms. The number of hydrogen-bond acceptors (Lipinski definition) is 3. The lowest BCUT2D eigenvalue weighted by Crippen LogP contribution is -2.36. The van der Waals surface area contributed by atoms with Crippen LogP contribution in [0.4, 0.5) is 0 Å². The lowest BCUT2D eigenvalue weighted by atomic mass is 9.71. The van der Waals surface area contributed by atoms with Crippen molar-refractivity contribution in [2.45, 2.75) is 22.8 Å². The topological polar surface area (TPSA) is 55.4 Å². The molecule has 0 radical (unpaired) electrons. The molecule has 0 saturated carbocycles. The number of rotatable bonds is 7. The minimum absolute atomic E-state index is 0.165. The predicted molar refractivity (Wildman–Crippen MR) is 150 cm³/mol. The van der Waals surface area contributed by atoms with Crippen LogP contribution in [0.15, 0.2) is 144 Å². The highest BCUT2D eigenvalue weighted by Gasteiger charge is 2.40. The second kappa shape index (κ2) is 10.3. The van der Waals surface area contributed by atoms with Crippen molar-refractivity contribution in [1.82, 2.24) is 4.72 Å². The number of fused-ring (bicyclic) bond motifs is 2. The lowest BCUT2D eigenvalue weighted by Gasteiger charge is -2.38. The number of benzene rings is 5. The molecule has 5 heteroatoms. The Hall–Kier alpha value is -4.19. The Balaban J connectivity index is 1.59. The molecule has 0 fully saturated rings. The van der Waals surface area contributed by atoms with Crippen LogP contribution in [0.2, 0.25) is 0 Å². The molecule has 0 amide bonds. The summed E-state index contributed by atoms with van der Waals surface area (Å²) in [5.41, 5.74) is 3.98. The molecule has 5 aromatic rings. The fourth-order valence-corrected chi connectivity index (χ4v) is 6.70. The van der Waals surface area contributed by atoms with Crippen LogP contribution in [-0.4, -0.2) is 8.42 Å². The highest BCUT2D eigenvalue weighted by atomic mass is 32.2. The van der Waals surface area contributed by atoms with E-state index in [0.717, 1.165) is 33.8 Å². The van der Waals surface area contributed by atoms with Gasteiger partial charge in [0.1, 0.15) is 11.5 Å². The smallest absolute Gasteiger partial charge is 0.241 e. The van der Waals surface area contributed by atoms with Crippen LogP contribution in [-0.2, 0) is 10.0 Å². The highest BCUT2D eigenvalue weighted by molar-refractivity contribution is 7.89. The van der Waals surface area contributed by atoms with Gasteiger partial charge in [-0.15, -0.1) is 0 Å². The summed E-state index contributed by atoms with van der Waals surface area (Å²) >= 11 is 0. The zero-order valence-corrected chi connectivity index (χ0v) is 21.5. The number of hydrogen-bond donors (Lipinski definition) is 1. The molecule has 2 atom stereocenters. The maximum Gasteiger partial charge on any atom is 0.241 e. The summed E-state index contributed by atoms with van der Waals surface area (Å²) in [4.78, 5) is 0.237. The molecule has 1 aliphatic heterocycles. The third-order valence-electron chi connectivity index (χ3n) is 7.13. The molecule has 0 aromatic heterocycles. The first-order valence-corrected chi connectivity index (χ1v) is 14.1. The summed E-state index contributed by atoms with van der Waals surface area (Å²) in [5.74, 6) is 1.13. The van der Waals surface area contributed by atoms with E-state index in [1.54, 1.807) is 24.3 Å². The van der Waals surface area contributed by atoms with Crippen molar-refractivity contribution in [3.8, 4) is 11.5 Å². The Morgan fingerprint density at radius 2 is 1.00 bits per heavy atom. The predicted octanol–water partition coefficient (Wildman–Crippen LogP) is 7.43. The average molecular weight is 518 g/mol. The van der Waals surface area contributed by atoms with Crippen LogP contribution < -0.4 is 9.46 Å². The fraction of sp³-hybridized carbons (Fsp3) is 0.0909. The quantitative estimate of drug-likeness (QED) is 0.244. The first kappa shape index (κ1) is 24.2. The molecule has 5 aromatic carbocycles. The number of ether oxygens (including phenoxy) is 1. The highest BCUT2D eigenvalue weighted by Crippen LogP contribution is 2.53. The normalized spacial score (nSPS) is 14.5. The molecule has 1 aliphatic rings. The Labute approximate surface area is 223 Å². The van der Waals surface area contributed by atoms with Crippen LogP contribution >= 0.6 is 0 Å². The van der Waals surface area contributed by atoms with Crippen molar-refractivity contribution in [1.29, 1.82) is 0 Å². The molecule has 38 heavy (non-hydrogen) atoms. The van der Waals surface area contributed by atoms with Crippen LogP contribution in [0, 0.1) is 0 Å². The first-order chi connectivity index (χ1) is 18.6. The van der Waals surface area contributed by atoms with Crippen LogP contribution in [0.3, 0.4) is 0 Å². The van der Waals surface area contributed by atoms with Gasteiger partial charge >= 0.3 is 0 Å². The van der Waals surface area contributed by atoms with E-state index in [2.05, 4.69) is 29.0 Å². The Kier molecular flexibility index (Phi) is 6.54. The molecule has 0 unspecified atom stereocenters. The summed E-state index contributed by atoms with van der Waals surface area (Å²) < 4.78 is 37.0. The van der Waals surface area contributed by atoms with Gasteiger partial charge in [-0.25, -0.2) is 13.1 Å². The van der Waals surface area contributed by atoms with E-state index >= 15 is 0 Å². The summed E-state index contributed by atoms with van der Waals surface area (Å²) in [5, 5.41) is 0. The third kappa shape index (κ3) is 4.62. The van der Waals surface area contributed by atoms with Crippen molar-refractivity contribution in [3.63, 3.8) is 0 Å². The molecule has 1 heterocycles. The van der Waals surface area contributed by atoms with Crippen molar-refractivity contribution < 1.29 is 13.2 Å². The van der Waals surface area contributed by atoms with Gasteiger partial charge in [-0.2, -0.15) is 0 Å². The molecule has 1 N–H and O–H groups in total. The zero-order valence-electron chi connectivity index (χ0n) is 20.6. The van der Waals surface area contributed by atoms with E-state index in [9.17, 15) is 8.42 Å². The molecule has 188 valence electrons. The SMILES string of the molecule is O=S(=O)(N[C@H](c1ccccc1)[C@@H](c1ccccc1)C1c2ccccc2Oc2ccccc21)c1ccccc1. The van der Waals surface area contributed by atoms with Gasteiger partial charge in [-0.05, 0) is 35.4 Å². The Morgan fingerprint density at radius 1 is 0.553 bits per heavy atom. The van der Waals surface area contributed by atoms with Crippen LogP contribution in [0.5, 0.6) is 11.5 Å². The first-order valence-electron chi connectivity index (χ1n) is 12.6. The van der Waals surface area contributed by atoms with Crippen molar-refractivity contribution in [2.75, 3.05) is 0 Å². The van der Waals surface area contributed by atoms with E-state index in [1.165, 1.54) is 0 Å². The van der Waals surface area contributed by atoms with Gasteiger partial charge in [-0.3, -0.25) is 0 Å². The van der Waals surface area contributed by atoms with Crippen LogP contribution in [0.1, 0.15) is 40.1 Å². The van der Waals surface area contributed by atoms with Crippen molar-refractivity contribution in [3.05, 3.63) is 162 Å². The molecule has 0 saturated heterocycles. The van der Waals surface area contributed by atoms with E-state index in [4.69, 9.17) is 4.74 Å². The number of nitrogens with one attached hydrogen (secondary N) is 1. The minimum atomic E-state index is -3.84. The summed E-state index contributed by atoms with van der Waals surface area (Å²) in [6, 6.07) is 44.1. The largest absolute Gasteiger partial charge is 0.457 e. The van der Waals surface area contributed by atoms with Gasteiger partial charge in [0, 0.05) is 23.0 Å². The number of sulfonamides is 1. The van der Waals surface area contributed by atoms with E-state index < -0.39 is 16.1 Å². The second-order valence-corrected chi connectivity index (χ2v) is 11.1. The van der Waals surface area contributed by atoms with E-state index in [1.807, 2.05) is 91.0 Å². The monoisotopic (exact) mass is 517 g/mol. The maximum atomic E-state index is 13.8. The summed E-state index contributed by atoms with van der Waals surface area (Å²) in [6.45, 7) is 0. The zero-order chi connectivity index (χ0) is 26.0. The van der Waals surface area contributed by atoms with Gasteiger partial charge in [0.05, 0.1) is 10.9 Å².